The van der Waals surface area contributed by atoms with Gasteiger partial charge >= 0.3 is 5.97 Å². The summed E-state index contributed by atoms with van der Waals surface area (Å²) in [4.78, 5) is 24.2. The summed E-state index contributed by atoms with van der Waals surface area (Å²) in [7, 11) is 0. The van der Waals surface area contributed by atoms with Gasteiger partial charge in [0, 0.05) is 5.02 Å². The van der Waals surface area contributed by atoms with Gasteiger partial charge in [-0.2, -0.15) is 0 Å². The van der Waals surface area contributed by atoms with Crippen molar-refractivity contribution in [2.45, 2.75) is 20.0 Å². The summed E-state index contributed by atoms with van der Waals surface area (Å²) in [6.45, 7) is 3.37. The van der Waals surface area contributed by atoms with Gasteiger partial charge in [-0.3, -0.25) is 4.79 Å². The van der Waals surface area contributed by atoms with Crippen LogP contribution in [-0.4, -0.2) is 31.2 Å². The van der Waals surface area contributed by atoms with E-state index in [9.17, 15) is 9.59 Å². The van der Waals surface area contributed by atoms with Gasteiger partial charge in [0.25, 0.3) is 5.91 Å². The first-order valence-electron chi connectivity index (χ1n) is 8.20. The smallest absolute Gasteiger partial charge is 0.344 e. The predicted octanol–water partition coefficient (Wildman–Crippen LogP) is 4.34. The molecule has 2 rings (SSSR count). The van der Waals surface area contributed by atoms with Crippen LogP contribution in [0.4, 0.5) is 5.69 Å². The Morgan fingerprint density at radius 3 is 2.52 bits per heavy atom. The number of anilines is 1. The van der Waals surface area contributed by atoms with Gasteiger partial charge in [0.15, 0.2) is 12.7 Å². The summed E-state index contributed by atoms with van der Waals surface area (Å²) in [5.74, 6) is -0.366. The summed E-state index contributed by atoms with van der Waals surface area (Å²) >= 11 is 11.8. The highest BCUT2D eigenvalue weighted by Gasteiger charge is 2.19. The molecule has 2 aromatic rings. The number of carbonyl (C=O) groups excluding carboxylic acids is 2. The molecule has 2 aromatic carbocycles. The average molecular weight is 412 g/mol. The summed E-state index contributed by atoms with van der Waals surface area (Å²) in [6.07, 6.45) is -1.02. The molecule has 8 heteroatoms. The Kier molecular flexibility index (Phi) is 7.76. The normalized spacial score (nSPS) is 11.4. The van der Waals surface area contributed by atoms with E-state index in [2.05, 4.69) is 5.32 Å². The van der Waals surface area contributed by atoms with Crippen molar-refractivity contribution in [2.24, 2.45) is 0 Å². The Hall–Kier alpha value is -2.44. The van der Waals surface area contributed by atoms with Crippen molar-refractivity contribution in [3.05, 3.63) is 52.5 Å². The number of rotatable bonds is 8. The number of carbonyl (C=O) groups is 2. The van der Waals surface area contributed by atoms with E-state index >= 15 is 0 Å². The van der Waals surface area contributed by atoms with Crippen LogP contribution in [0.25, 0.3) is 0 Å². The van der Waals surface area contributed by atoms with Crippen LogP contribution in [0, 0.1) is 0 Å². The SMILES string of the molecule is CCOc1ccccc1NC(=O)C(C)OC(=O)COc1ccc(Cl)cc1Cl. The lowest BCUT2D eigenvalue weighted by molar-refractivity contribution is -0.155. The molecule has 144 valence electrons. The summed E-state index contributed by atoms with van der Waals surface area (Å²) in [5, 5.41) is 3.40. The lowest BCUT2D eigenvalue weighted by Crippen LogP contribution is -2.31. The van der Waals surface area contributed by atoms with Gasteiger partial charge in [0.05, 0.1) is 17.3 Å². The highest BCUT2D eigenvalue weighted by Crippen LogP contribution is 2.27. The molecule has 0 saturated carbocycles. The van der Waals surface area contributed by atoms with Gasteiger partial charge < -0.3 is 19.5 Å². The zero-order valence-corrected chi connectivity index (χ0v) is 16.3. The molecule has 0 aliphatic rings. The Bertz CT molecular complexity index is 812. The number of para-hydroxylation sites is 2. The van der Waals surface area contributed by atoms with Crippen molar-refractivity contribution in [1.82, 2.24) is 0 Å². The minimum atomic E-state index is -1.02. The second-order valence-electron chi connectivity index (χ2n) is 5.41. The van der Waals surface area contributed by atoms with E-state index in [1.807, 2.05) is 6.92 Å². The molecule has 1 atom stereocenters. The van der Waals surface area contributed by atoms with Crippen LogP contribution in [0.1, 0.15) is 13.8 Å². The molecule has 0 radical (unpaired) electrons. The molecule has 27 heavy (non-hydrogen) atoms. The molecule has 0 saturated heterocycles. The first-order chi connectivity index (χ1) is 12.9. The maximum absolute atomic E-state index is 12.2. The fourth-order valence-corrected chi connectivity index (χ4v) is 2.56. The molecule has 0 spiro atoms. The lowest BCUT2D eigenvalue weighted by Gasteiger charge is -2.16. The van der Waals surface area contributed by atoms with Crippen molar-refractivity contribution < 1.29 is 23.8 Å². The van der Waals surface area contributed by atoms with Crippen molar-refractivity contribution in [1.29, 1.82) is 0 Å². The van der Waals surface area contributed by atoms with E-state index in [-0.39, 0.29) is 5.02 Å². The van der Waals surface area contributed by atoms with Crippen LogP contribution >= 0.6 is 23.2 Å². The van der Waals surface area contributed by atoms with E-state index in [1.165, 1.54) is 13.0 Å². The Morgan fingerprint density at radius 1 is 1.07 bits per heavy atom. The Balaban J connectivity index is 1.87. The van der Waals surface area contributed by atoms with Crippen LogP contribution in [0.5, 0.6) is 11.5 Å². The zero-order chi connectivity index (χ0) is 19.8. The fraction of sp³-hybridized carbons (Fsp3) is 0.263. The largest absolute Gasteiger partial charge is 0.492 e. The third-order valence-electron chi connectivity index (χ3n) is 3.36. The van der Waals surface area contributed by atoms with E-state index in [1.54, 1.807) is 36.4 Å². The maximum Gasteiger partial charge on any atom is 0.344 e. The molecule has 6 nitrogen and oxygen atoms in total. The fourth-order valence-electron chi connectivity index (χ4n) is 2.10. The van der Waals surface area contributed by atoms with Gasteiger partial charge in [-0.25, -0.2) is 4.79 Å². The Labute approximate surface area is 167 Å². The maximum atomic E-state index is 12.2. The van der Waals surface area contributed by atoms with Gasteiger partial charge in [-0.15, -0.1) is 0 Å². The molecule has 0 aliphatic carbocycles. The molecule has 0 bridgehead atoms. The number of esters is 1. The molecule has 0 aromatic heterocycles. The van der Waals surface area contributed by atoms with Crippen LogP contribution in [-0.2, 0) is 14.3 Å². The third-order valence-corrected chi connectivity index (χ3v) is 3.89. The van der Waals surface area contributed by atoms with Crippen LogP contribution in [0.15, 0.2) is 42.5 Å². The quantitative estimate of drug-likeness (QED) is 0.653. The standard InChI is InChI=1S/C19H19Cl2NO5/c1-3-25-17-7-5-4-6-15(17)22-19(24)12(2)27-18(23)11-26-16-9-8-13(20)10-14(16)21/h4-10,12H,3,11H2,1-2H3,(H,22,24). The monoisotopic (exact) mass is 411 g/mol. The van der Waals surface area contributed by atoms with Crippen LogP contribution < -0.4 is 14.8 Å². The third kappa shape index (κ3) is 6.34. The number of hydrogen-bond donors (Lipinski definition) is 1. The minimum Gasteiger partial charge on any atom is -0.492 e. The number of halogens is 2. The number of amides is 1. The van der Waals surface area contributed by atoms with Gasteiger partial charge in [0.1, 0.15) is 11.5 Å². The first-order valence-corrected chi connectivity index (χ1v) is 8.96. The van der Waals surface area contributed by atoms with Crippen molar-refractivity contribution in [3.8, 4) is 11.5 Å². The molecule has 1 N–H and O–H groups in total. The average Bonchev–Trinajstić information content (AvgIpc) is 2.62. The summed E-state index contributed by atoms with van der Waals surface area (Å²) < 4.78 is 15.8. The number of benzene rings is 2. The molecular weight excluding hydrogens is 393 g/mol. The number of nitrogens with one attached hydrogen (secondary N) is 1. The molecule has 0 heterocycles. The second kappa shape index (κ2) is 10.0. The highest BCUT2D eigenvalue weighted by atomic mass is 35.5. The predicted molar refractivity (Wildman–Crippen MR) is 104 cm³/mol. The summed E-state index contributed by atoms with van der Waals surface area (Å²) in [6, 6.07) is 11.6. The lowest BCUT2D eigenvalue weighted by atomic mass is 10.2. The van der Waals surface area contributed by atoms with Gasteiger partial charge in [-0.1, -0.05) is 35.3 Å². The molecule has 0 aliphatic heterocycles. The molecule has 1 unspecified atom stereocenters. The van der Waals surface area contributed by atoms with Crippen molar-refractivity contribution >= 4 is 40.8 Å². The number of hydrogen-bond acceptors (Lipinski definition) is 5. The molecule has 0 fully saturated rings. The zero-order valence-electron chi connectivity index (χ0n) is 14.8. The molecule has 1 amide bonds. The number of ether oxygens (including phenoxy) is 3. The van der Waals surface area contributed by atoms with E-state index < -0.39 is 24.6 Å². The Morgan fingerprint density at radius 2 is 1.81 bits per heavy atom. The van der Waals surface area contributed by atoms with Crippen molar-refractivity contribution in [2.75, 3.05) is 18.5 Å². The van der Waals surface area contributed by atoms with E-state index in [4.69, 9.17) is 37.4 Å². The van der Waals surface area contributed by atoms with E-state index in [0.717, 1.165) is 0 Å². The molecular formula is C19H19Cl2NO5. The van der Waals surface area contributed by atoms with Gasteiger partial charge in [0.2, 0.25) is 0 Å². The second-order valence-corrected chi connectivity index (χ2v) is 6.26. The first kappa shape index (κ1) is 20.9. The topological polar surface area (TPSA) is 73.9 Å². The van der Waals surface area contributed by atoms with E-state index in [0.29, 0.717) is 28.8 Å². The van der Waals surface area contributed by atoms with Crippen molar-refractivity contribution in [3.63, 3.8) is 0 Å². The highest BCUT2D eigenvalue weighted by molar-refractivity contribution is 6.35. The van der Waals surface area contributed by atoms with Gasteiger partial charge in [-0.05, 0) is 44.2 Å². The minimum absolute atomic E-state index is 0.272. The van der Waals surface area contributed by atoms with Crippen LogP contribution in [0.2, 0.25) is 10.0 Å². The summed E-state index contributed by atoms with van der Waals surface area (Å²) in [5.41, 5.74) is 0.497. The van der Waals surface area contributed by atoms with Crippen LogP contribution in [0.3, 0.4) is 0 Å².